The fourth-order valence-electron chi connectivity index (χ4n) is 4.31. The maximum absolute atomic E-state index is 14.4. The number of rotatable bonds is 7. The lowest BCUT2D eigenvalue weighted by Crippen LogP contribution is -2.45. The van der Waals surface area contributed by atoms with Crippen LogP contribution in [0.1, 0.15) is 16.9 Å². The van der Waals surface area contributed by atoms with Crippen molar-refractivity contribution in [3.05, 3.63) is 46.8 Å². The topological polar surface area (TPSA) is 45.3 Å². The zero-order valence-electron chi connectivity index (χ0n) is 20.9. The summed E-state index contributed by atoms with van der Waals surface area (Å²) in [5, 5.41) is 11.2. The molecular weight excluding hydrogens is 521 g/mol. The number of hydrogen-bond donors (Lipinski definition) is 3. The number of hydrogen-bond acceptors (Lipinski definition) is 5. The monoisotopic (exact) mass is 551 g/mol. The molecule has 3 N–H and O–H groups in total. The third kappa shape index (κ3) is 6.87. The van der Waals surface area contributed by atoms with E-state index in [0.29, 0.717) is 39.4 Å². The Morgan fingerprint density at radius 1 is 1.19 bits per heavy atom. The van der Waals surface area contributed by atoms with Crippen LogP contribution in [-0.4, -0.2) is 58.5 Å². The molecule has 198 valence electrons. The highest BCUT2D eigenvalue weighted by molar-refractivity contribution is 7.64. The quantitative estimate of drug-likeness (QED) is 0.193. The lowest BCUT2D eigenvalue weighted by molar-refractivity contribution is -0.126. The smallest absolute Gasteiger partial charge is 0.393 e. The van der Waals surface area contributed by atoms with E-state index in [4.69, 9.17) is 4.74 Å². The molecule has 1 fully saturated rings. The second-order valence-corrected chi connectivity index (χ2v) is 12.4. The van der Waals surface area contributed by atoms with Crippen molar-refractivity contribution < 1.29 is 22.3 Å². The number of anilines is 2. The van der Waals surface area contributed by atoms with Crippen molar-refractivity contribution in [3.63, 3.8) is 0 Å². The van der Waals surface area contributed by atoms with Crippen LogP contribution in [0.15, 0.2) is 36.4 Å². The molecule has 2 aromatic carbocycles. The van der Waals surface area contributed by atoms with Gasteiger partial charge in [0, 0.05) is 6.54 Å². The van der Waals surface area contributed by atoms with Gasteiger partial charge in [0.25, 0.3) is 0 Å². The number of fused-ring (bicyclic) bond motifs is 1. The summed E-state index contributed by atoms with van der Waals surface area (Å²) >= 11 is 1.22. The molecular formula is C27H30F4N3OPS. The van der Waals surface area contributed by atoms with Crippen LogP contribution in [0, 0.1) is 11.8 Å². The van der Waals surface area contributed by atoms with Crippen LogP contribution in [-0.2, 0) is 6.42 Å². The predicted octanol–water partition coefficient (Wildman–Crippen LogP) is 5.96. The first-order chi connectivity index (χ1) is 17.7. The molecule has 1 saturated heterocycles. The first kappa shape index (κ1) is 27.5. The molecule has 0 aliphatic carbocycles. The lowest BCUT2D eigenvalue weighted by Gasteiger charge is -2.28. The number of methoxy groups -OCH3 is 1. The van der Waals surface area contributed by atoms with E-state index in [1.54, 1.807) is 25.3 Å². The summed E-state index contributed by atoms with van der Waals surface area (Å²) in [5.41, 5.74) is 1.58. The van der Waals surface area contributed by atoms with E-state index in [9.17, 15) is 17.6 Å². The molecule has 0 saturated carbocycles. The number of piperidine rings is 1. The number of ether oxygens (including phenoxy) is 1. The van der Waals surface area contributed by atoms with Crippen molar-refractivity contribution in [2.24, 2.45) is 0 Å². The van der Waals surface area contributed by atoms with Crippen LogP contribution < -0.4 is 26.0 Å². The fourth-order valence-corrected chi connectivity index (χ4v) is 6.23. The zero-order chi connectivity index (χ0) is 26.6. The molecule has 2 atom stereocenters. The van der Waals surface area contributed by atoms with Gasteiger partial charge in [-0.2, -0.15) is 13.2 Å². The van der Waals surface area contributed by atoms with Gasteiger partial charge < -0.3 is 20.7 Å². The molecule has 4 rings (SSSR count). The van der Waals surface area contributed by atoms with Gasteiger partial charge in [-0.05, 0) is 60.7 Å². The van der Waals surface area contributed by atoms with Crippen molar-refractivity contribution in [1.82, 2.24) is 5.32 Å². The van der Waals surface area contributed by atoms with Crippen molar-refractivity contribution >= 4 is 46.0 Å². The van der Waals surface area contributed by atoms with E-state index in [0.717, 1.165) is 5.69 Å². The predicted molar refractivity (Wildman–Crippen MR) is 148 cm³/mol. The fraction of sp³-hybridized carbons (Fsp3) is 0.407. The Morgan fingerprint density at radius 3 is 2.70 bits per heavy atom. The van der Waals surface area contributed by atoms with Crippen LogP contribution in [0.5, 0.6) is 5.75 Å². The van der Waals surface area contributed by atoms with E-state index in [-0.39, 0.29) is 26.6 Å². The highest BCUT2D eigenvalue weighted by Gasteiger charge is 2.31. The molecule has 2 heterocycles. The normalized spacial score (nSPS) is 17.9. The van der Waals surface area contributed by atoms with E-state index in [2.05, 4.69) is 41.1 Å². The molecule has 0 bridgehead atoms. The van der Waals surface area contributed by atoms with Crippen molar-refractivity contribution in [1.29, 1.82) is 0 Å². The first-order valence-electron chi connectivity index (χ1n) is 12.0. The minimum atomic E-state index is -4.38. The van der Waals surface area contributed by atoms with E-state index < -0.39 is 24.8 Å². The molecule has 0 amide bonds. The largest absolute Gasteiger partial charge is 0.495 e. The summed E-state index contributed by atoms with van der Waals surface area (Å²) in [4.78, 5) is 0.371. The van der Waals surface area contributed by atoms with Crippen molar-refractivity contribution in [3.8, 4) is 17.6 Å². The Hall–Kier alpha value is -2.53. The highest BCUT2D eigenvalue weighted by atomic mass is 32.1. The Morgan fingerprint density at radius 2 is 2.00 bits per heavy atom. The van der Waals surface area contributed by atoms with Gasteiger partial charge in [0.05, 0.1) is 47.1 Å². The molecule has 3 aromatic rings. The molecule has 0 radical (unpaired) electrons. The van der Waals surface area contributed by atoms with Crippen molar-refractivity contribution in [2.45, 2.75) is 31.2 Å². The standard InChI is InChI=1S/C27H30F4N3OPS/c1-35-24-14-17(36(2)3)9-10-22(24)33-12-5-8-25-19(15-27(29,30)31)18-6-4-7-23(26(18)37-25)34-21-11-13-32-16-20(21)28/h4,6-7,9-10,14,20-21,32-34H,11-13,15-16H2,1-3H3. The van der Waals surface area contributed by atoms with Crippen LogP contribution in [0.3, 0.4) is 0 Å². The van der Waals surface area contributed by atoms with Crippen LogP contribution in [0.4, 0.5) is 28.9 Å². The first-order valence-corrected chi connectivity index (χ1v) is 15.0. The minimum absolute atomic E-state index is 0.159. The second-order valence-electron chi connectivity index (χ2n) is 9.08. The van der Waals surface area contributed by atoms with Crippen LogP contribution >= 0.6 is 19.3 Å². The summed E-state index contributed by atoms with van der Waals surface area (Å²) in [5.74, 6) is 6.64. The summed E-state index contributed by atoms with van der Waals surface area (Å²) in [6.45, 7) is 5.51. The number of thiophene rings is 1. The average Bonchev–Trinajstić information content (AvgIpc) is 3.19. The van der Waals surface area contributed by atoms with Gasteiger partial charge in [0.15, 0.2) is 0 Å². The van der Waals surface area contributed by atoms with Gasteiger partial charge in [0.1, 0.15) is 11.9 Å². The second kappa shape index (κ2) is 11.9. The van der Waals surface area contributed by atoms with Gasteiger partial charge in [-0.3, -0.25) is 0 Å². The van der Waals surface area contributed by atoms with Crippen LogP contribution in [0.2, 0.25) is 0 Å². The molecule has 37 heavy (non-hydrogen) atoms. The number of alkyl halides is 4. The molecule has 0 spiro atoms. The van der Waals surface area contributed by atoms with E-state index in [1.165, 1.54) is 16.6 Å². The van der Waals surface area contributed by atoms with Crippen LogP contribution in [0.25, 0.3) is 10.1 Å². The summed E-state index contributed by atoms with van der Waals surface area (Å²) in [6.07, 6.45) is -5.92. The van der Waals surface area contributed by atoms with Crippen molar-refractivity contribution in [2.75, 3.05) is 50.7 Å². The van der Waals surface area contributed by atoms with E-state index >= 15 is 0 Å². The summed E-state index contributed by atoms with van der Waals surface area (Å²) < 4.78 is 61.0. The molecule has 2 unspecified atom stereocenters. The summed E-state index contributed by atoms with van der Waals surface area (Å²) in [6, 6.07) is 10.8. The third-order valence-electron chi connectivity index (χ3n) is 6.22. The summed E-state index contributed by atoms with van der Waals surface area (Å²) in [7, 11) is 1.33. The van der Waals surface area contributed by atoms with Gasteiger partial charge >= 0.3 is 6.18 Å². The zero-order valence-corrected chi connectivity index (χ0v) is 22.6. The minimum Gasteiger partial charge on any atom is -0.495 e. The lowest BCUT2D eigenvalue weighted by atomic mass is 10.0. The Balaban J connectivity index is 1.60. The number of nitrogens with one attached hydrogen (secondary N) is 3. The van der Waals surface area contributed by atoms with Gasteiger partial charge in [-0.1, -0.05) is 38.0 Å². The molecule has 10 heteroatoms. The van der Waals surface area contributed by atoms with Gasteiger partial charge in [-0.15, -0.1) is 11.3 Å². The Labute approximate surface area is 219 Å². The molecule has 1 aromatic heterocycles. The van der Waals surface area contributed by atoms with Gasteiger partial charge in [0.2, 0.25) is 0 Å². The van der Waals surface area contributed by atoms with E-state index in [1.807, 2.05) is 18.2 Å². The number of halogens is 4. The highest BCUT2D eigenvalue weighted by Crippen LogP contribution is 2.39. The maximum Gasteiger partial charge on any atom is 0.393 e. The molecule has 1 aliphatic rings. The average molecular weight is 552 g/mol. The maximum atomic E-state index is 14.4. The number of benzene rings is 2. The Kier molecular flexibility index (Phi) is 8.84. The SMILES string of the molecule is COc1cc(P(C)C)ccc1NCC#Cc1sc2c(NC3CCNCC3F)cccc2c1CC(F)(F)F. The van der Waals surface area contributed by atoms with Gasteiger partial charge in [-0.25, -0.2) is 4.39 Å². The Bertz CT molecular complexity index is 1300. The third-order valence-corrected chi connectivity index (χ3v) is 8.72. The molecule has 4 nitrogen and oxygen atoms in total. The molecule has 1 aliphatic heterocycles.